The van der Waals surface area contributed by atoms with Crippen molar-refractivity contribution in [2.45, 2.75) is 6.54 Å². The summed E-state index contributed by atoms with van der Waals surface area (Å²) < 4.78 is 1.65. The summed E-state index contributed by atoms with van der Waals surface area (Å²) in [5, 5.41) is 0.640. The number of fused-ring (bicyclic) bond motifs is 1. The Morgan fingerprint density at radius 2 is 1.74 bits per heavy atom. The predicted octanol–water partition coefficient (Wildman–Crippen LogP) is 3.57. The van der Waals surface area contributed by atoms with Gasteiger partial charge in [-0.1, -0.05) is 30.3 Å². The van der Waals surface area contributed by atoms with E-state index in [9.17, 15) is 4.79 Å². The highest BCUT2D eigenvalue weighted by Crippen LogP contribution is 2.23. The number of para-hydroxylation sites is 1. The molecule has 0 unspecified atom stereocenters. The van der Waals surface area contributed by atoms with E-state index in [0.717, 1.165) is 28.0 Å². The van der Waals surface area contributed by atoms with Crippen molar-refractivity contribution in [3.63, 3.8) is 0 Å². The molecule has 4 aromatic rings. The monoisotopic (exact) mass is 356 g/mol. The minimum atomic E-state index is -0.0233. The van der Waals surface area contributed by atoms with Gasteiger partial charge in [0, 0.05) is 20.3 Å². The smallest absolute Gasteiger partial charge is 0.261 e. The van der Waals surface area contributed by atoms with E-state index in [-0.39, 0.29) is 5.56 Å². The molecular weight excluding hydrogens is 336 g/mol. The number of nitrogens with zero attached hydrogens (tertiary/aromatic N) is 4. The highest BCUT2D eigenvalue weighted by atomic mass is 16.1. The minimum Gasteiger partial charge on any atom is -0.363 e. The maximum atomic E-state index is 12.7. The number of benzene rings is 2. The molecule has 0 aliphatic rings. The van der Waals surface area contributed by atoms with Crippen molar-refractivity contribution in [1.29, 1.82) is 0 Å². The summed E-state index contributed by atoms with van der Waals surface area (Å²) in [5.41, 5.74) is 3.94. The maximum absolute atomic E-state index is 12.7. The fourth-order valence-electron chi connectivity index (χ4n) is 3.11. The van der Waals surface area contributed by atoms with Crippen molar-refractivity contribution < 1.29 is 0 Å². The van der Waals surface area contributed by atoms with Gasteiger partial charge in [0.2, 0.25) is 0 Å². The Balaban J connectivity index is 1.69. The molecule has 0 fully saturated rings. The molecule has 4 rings (SSSR count). The lowest BCUT2D eigenvalue weighted by Gasteiger charge is -2.13. The summed E-state index contributed by atoms with van der Waals surface area (Å²) >= 11 is 0. The van der Waals surface area contributed by atoms with Crippen LogP contribution in [0.2, 0.25) is 0 Å². The first-order chi connectivity index (χ1) is 13.1. The number of hydrogen-bond acceptors (Lipinski definition) is 4. The molecule has 0 aliphatic heterocycles. The average molecular weight is 356 g/mol. The fraction of sp³-hybridized carbons (Fsp3) is 0.136. The predicted molar refractivity (Wildman–Crippen MR) is 109 cm³/mol. The summed E-state index contributed by atoms with van der Waals surface area (Å²) in [6.07, 6.45) is 3.43. The summed E-state index contributed by atoms with van der Waals surface area (Å²) in [5.74, 6) is 0.910. The quantitative estimate of drug-likeness (QED) is 0.561. The second-order valence-corrected chi connectivity index (χ2v) is 6.69. The van der Waals surface area contributed by atoms with Crippen LogP contribution in [0.1, 0.15) is 5.56 Å². The minimum absolute atomic E-state index is 0.0233. The normalized spacial score (nSPS) is 10.9. The third-order valence-electron chi connectivity index (χ3n) is 4.55. The van der Waals surface area contributed by atoms with Crippen LogP contribution < -0.4 is 10.5 Å². The van der Waals surface area contributed by atoms with E-state index in [0.29, 0.717) is 11.9 Å². The van der Waals surface area contributed by atoms with Gasteiger partial charge in [-0.25, -0.2) is 9.97 Å². The summed E-state index contributed by atoms with van der Waals surface area (Å²) in [4.78, 5) is 23.5. The van der Waals surface area contributed by atoms with E-state index in [1.54, 1.807) is 10.9 Å². The zero-order valence-corrected chi connectivity index (χ0v) is 15.3. The topological polar surface area (TPSA) is 51.0 Å². The summed E-state index contributed by atoms with van der Waals surface area (Å²) in [6.45, 7) is 0.482. The van der Waals surface area contributed by atoms with Gasteiger partial charge in [-0.15, -0.1) is 0 Å². The molecule has 0 saturated carbocycles. The van der Waals surface area contributed by atoms with Gasteiger partial charge in [0.1, 0.15) is 5.82 Å². The van der Waals surface area contributed by atoms with E-state index in [1.807, 2.05) is 67.7 Å². The number of anilines is 1. The summed E-state index contributed by atoms with van der Waals surface area (Å²) in [6, 6.07) is 19.7. The molecular formula is C22H20N4O. The number of aromatic nitrogens is 3. The van der Waals surface area contributed by atoms with E-state index in [1.165, 1.54) is 0 Å². The molecule has 5 heteroatoms. The highest BCUT2D eigenvalue weighted by molar-refractivity contribution is 5.77. The molecule has 0 N–H and O–H groups in total. The van der Waals surface area contributed by atoms with E-state index >= 15 is 0 Å². The van der Waals surface area contributed by atoms with Gasteiger partial charge in [-0.3, -0.25) is 9.36 Å². The second-order valence-electron chi connectivity index (χ2n) is 6.69. The van der Waals surface area contributed by atoms with Crippen molar-refractivity contribution in [1.82, 2.24) is 14.5 Å². The van der Waals surface area contributed by atoms with Gasteiger partial charge in [-0.05, 0) is 47.0 Å². The lowest BCUT2D eigenvalue weighted by atomic mass is 10.0. The van der Waals surface area contributed by atoms with Crippen molar-refractivity contribution >= 4 is 16.7 Å². The van der Waals surface area contributed by atoms with Gasteiger partial charge in [-0.2, -0.15) is 0 Å². The first-order valence-corrected chi connectivity index (χ1v) is 8.79. The average Bonchev–Trinajstić information content (AvgIpc) is 2.71. The fourth-order valence-corrected chi connectivity index (χ4v) is 3.11. The third kappa shape index (κ3) is 3.44. The molecule has 2 aromatic carbocycles. The van der Waals surface area contributed by atoms with Gasteiger partial charge in [0.25, 0.3) is 5.56 Å². The number of rotatable bonds is 4. The lowest BCUT2D eigenvalue weighted by Crippen LogP contribution is -2.21. The van der Waals surface area contributed by atoms with Crippen molar-refractivity contribution in [3.05, 3.63) is 89.1 Å². The molecule has 2 aromatic heterocycles. The van der Waals surface area contributed by atoms with Crippen LogP contribution in [-0.4, -0.2) is 28.6 Å². The molecule has 0 saturated heterocycles. The number of pyridine rings is 1. The van der Waals surface area contributed by atoms with E-state index in [4.69, 9.17) is 0 Å². The molecule has 134 valence electrons. The molecule has 5 nitrogen and oxygen atoms in total. The van der Waals surface area contributed by atoms with Gasteiger partial charge in [0.15, 0.2) is 0 Å². The zero-order valence-electron chi connectivity index (χ0n) is 15.3. The zero-order chi connectivity index (χ0) is 18.8. The first kappa shape index (κ1) is 17.0. The van der Waals surface area contributed by atoms with E-state index < -0.39 is 0 Å². The molecule has 2 heterocycles. The molecule has 27 heavy (non-hydrogen) atoms. The Morgan fingerprint density at radius 3 is 2.59 bits per heavy atom. The van der Waals surface area contributed by atoms with Crippen molar-refractivity contribution in [3.8, 4) is 11.1 Å². The molecule has 0 spiro atoms. The van der Waals surface area contributed by atoms with Crippen LogP contribution in [0, 0.1) is 0 Å². The van der Waals surface area contributed by atoms with Crippen LogP contribution in [0.25, 0.3) is 22.0 Å². The Labute approximate surface area is 157 Å². The highest BCUT2D eigenvalue weighted by Gasteiger charge is 2.06. The van der Waals surface area contributed by atoms with Gasteiger partial charge < -0.3 is 4.90 Å². The van der Waals surface area contributed by atoms with Crippen molar-refractivity contribution in [2.75, 3.05) is 19.0 Å². The Kier molecular flexibility index (Phi) is 4.42. The Bertz CT molecular complexity index is 1160. The second kappa shape index (κ2) is 7.03. The van der Waals surface area contributed by atoms with Crippen molar-refractivity contribution in [2.24, 2.45) is 0 Å². The molecule has 0 bridgehead atoms. The van der Waals surface area contributed by atoms with Crippen LogP contribution in [0.4, 0.5) is 5.82 Å². The van der Waals surface area contributed by atoms with Gasteiger partial charge in [0.05, 0.1) is 23.8 Å². The van der Waals surface area contributed by atoms with Crippen LogP contribution >= 0.6 is 0 Å². The lowest BCUT2D eigenvalue weighted by molar-refractivity contribution is 0.748. The third-order valence-corrected chi connectivity index (χ3v) is 4.55. The number of hydrogen-bond donors (Lipinski definition) is 0. The molecule has 0 radical (unpaired) electrons. The van der Waals surface area contributed by atoms with Gasteiger partial charge >= 0.3 is 0 Å². The summed E-state index contributed by atoms with van der Waals surface area (Å²) in [7, 11) is 3.95. The van der Waals surface area contributed by atoms with E-state index in [2.05, 4.69) is 28.2 Å². The molecule has 0 aliphatic carbocycles. The van der Waals surface area contributed by atoms with Crippen LogP contribution in [0.5, 0.6) is 0 Å². The molecule has 0 atom stereocenters. The largest absolute Gasteiger partial charge is 0.363 e. The Hall–Kier alpha value is -3.47. The Morgan fingerprint density at radius 1 is 0.926 bits per heavy atom. The standard InChI is InChI=1S/C22H20N4O/c1-25(2)21-13-18(10-11-23-21)17-7-5-6-16(12-17)14-26-15-24-20-9-4-3-8-19(20)22(26)27/h3-13,15H,14H2,1-2H3. The molecule has 0 amide bonds. The SMILES string of the molecule is CN(C)c1cc(-c2cccc(Cn3cnc4ccccc4c3=O)c2)ccn1. The van der Waals surface area contributed by atoms with Crippen LogP contribution in [0.15, 0.2) is 78.0 Å². The first-order valence-electron chi connectivity index (χ1n) is 8.79. The maximum Gasteiger partial charge on any atom is 0.261 e. The van der Waals surface area contributed by atoms with Crippen LogP contribution in [0.3, 0.4) is 0 Å². The van der Waals surface area contributed by atoms with Crippen LogP contribution in [-0.2, 0) is 6.54 Å².